The Balaban J connectivity index is 1.98. The van der Waals surface area contributed by atoms with Gasteiger partial charge in [0.15, 0.2) is 5.78 Å². The number of aliphatic hydroxyl groups is 1. The lowest BCUT2D eigenvalue weighted by molar-refractivity contribution is -0.174. The van der Waals surface area contributed by atoms with Gasteiger partial charge < -0.3 is 9.84 Å². The zero-order valence-corrected chi connectivity index (χ0v) is 11.2. The first kappa shape index (κ1) is 14.0. The van der Waals surface area contributed by atoms with Gasteiger partial charge >= 0.3 is 0 Å². The third-order valence-corrected chi connectivity index (χ3v) is 3.58. The minimum absolute atomic E-state index is 0.0981. The highest BCUT2D eigenvalue weighted by atomic mass is 16.5. The van der Waals surface area contributed by atoms with Crippen LogP contribution in [0, 0.1) is 0 Å². The van der Waals surface area contributed by atoms with Crippen LogP contribution in [-0.2, 0) is 9.53 Å². The zero-order valence-electron chi connectivity index (χ0n) is 11.2. The fourth-order valence-electron chi connectivity index (χ4n) is 2.32. The number of ether oxygens (including phenoxy) is 1. The highest BCUT2D eigenvalue weighted by molar-refractivity contribution is 5.93. The van der Waals surface area contributed by atoms with Crippen molar-refractivity contribution >= 4 is 11.9 Å². The van der Waals surface area contributed by atoms with E-state index in [1.54, 1.807) is 0 Å². The van der Waals surface area contributed by atoms with Crippen molar-refractivity contribution in [1.29, 1.82) is 0 Å². The molecule has 3 nitrogen and oxygen atoms in total. The van der Waals surface area contributed by atoms with Crippen molar-refractivity contribution in [2.24, 2.45) is 0 Å². The summed E-state index contributed by atoms with van der Waals surface area (Å²) in [7, 11) is 0. The molecule has 0 spiro atoms. The zero-order chi connectivity index (χ0) is 13.7. The molecule has 0 amide bonds. The topological polar surface area (TPSA) is 46.5 Å². The second-order valence-corrected chi connectivity index (χ2v) is 4.84. The van der Waals surface area contributed by atoms with Crippen LogP contribution in [0.25, 0.3) is 6.08 Å². The van der Waals surface area contributed by atoms with Gasteiger partial charge in [0.25, 0.3) is 0 Å². The van der Waals surface area contributed by atoms with E-state index in [9.17, 15) is 9.90 Å². The minimum atomic E-state index is -1.27. The van der Waals surface area contributed by atoms with Crippen LogP contribution < -0.4 is 0 Å². The molecule has 0 heterocycles. The number of ketones is 1. The molecule has 1 aromatic rings. The Kier molecular flexibility index (Phi) is 4.51. The Labute approximate surface area is 113 Å². The molecule has 0 aromatic heterocycles. The molecule has 2 rings (SSSR count). The third kappa shape index (κ3) is 3.11. The van der Waals surface area contributed by atoms with Crippen molar-refractivity contribution < 1.29 is 14.6 Å². The van der Waals surface area contributed by atoms with Crippen LogP contribution in [0.4, 0.5) is 0 Å². The van der Waals surface area contributed by atoms with Crippen molar-refractivity contribution in [2.75, 3.05) is 6.61 Å². The highest BCUT2D eigenvalue weighted by Crippen LogP contribution is 2.34. The molecule has 1 aliphatic carbocycles. The third-order valence-electron chi connectivity index (χ3n) is 3.58. The van der Waals surface area contributed by atoms with Gasteiger partial charge in [-0.2, -0.15) is 0 Å². The maximum atomic E-state index is 11.5. The van der Waals surface area contributed by atoms with E-state index in [1.807, 2.05) is 49.4 Å². The van der Waals surface area contributed by atoms with E-state index >= 15 is 0 Å². The normalized spacial score (nSPS) is 24.4. The van der Waals surface area contributed by atoms with Crippen LogP contribution in [0.1, 0.15) is 31.7 Å². The molecule has 1 aromatic carbocycles. The fourth-order valence-corrected chi connectivity index (χ4v) is 2.32. The predicted molar refractivity (Wildman–Crippen MR) is 74.7 cm³/mol. The lowest BCUT2D eigenvalue weighted by Crippen LogP contribution is -2.57. The lowest BCUT2D eigenvalue weighted by atomic mass is 9.73. The lowest BCUT2D eigenvalue weighted by Gasteiger charge is -2.40. The number of carbonyl (C=O) groups is 1. The van der Waals surface area contributed by atoms with E-state index in [1.165, 1.54) is 0 Å². The number of carbonyl (C=O) groups excluding carboxylic acids is 1. The van der Waals surface area contributed by atoms with Gasteiger partial charge in [0.1, 0.15) is 5.60 Å². The van der Waals surface area contributed by atoms with Crippen LogP contribution in [-0.4, -0.2) is 29.2 Å². The average molecular weight is 260 g/mol. The summed E-state index contributed by atoms with van der Waals surface area (Å²) in [6, 6.07) is 9.94. The molecule has 0 bridgehead atoms. The summed E-state index contributed by atoms with van der Waals surface area (Å²) in [5, 5.41) is 10.3. The number of rotatable bonds is 6. The quantitative estimate of drug-likeness (QED) is 0.855. The van der Waals surface area contributed by atoms with Crippen LogP contribution in [0.3, 0.4) is 0 Å². The van der Waals surface area contributed by atoms with E-state index in [-0.39, 0.29) is 5.78 Å². The molecule has 3 heteroatoms. The first-order chi connectivity index (χ1) is 9.16. The van der Waals surface area contributed by atoms with Gasteiger partial charge in [0, 0.05) is 13.0 Å². The van der Waals surface area contributed by atoms with Crippen LogP contribution in [0.5, 0.6) is 0 Å². The van der Waals surface area contributed by atoms with Gasteiger partial charge in [-0.3, -0.25) is 4.79 Å². The summed E-state index contributed by atoms with van der Waals surface area (Å²) in [4.78, 5) is 11.5. The Bertz CT molecular complexity index is 452. The van der Waals surface area contributed by atoms with Gasteiger partial charge in [-0.1, -0.05) is 42.5 Å². The summed E-state index contributed by atoms with van der Waals surface area (Å²) >= 11 is 0. The predicted octanol–water partition coefficient (Wildman–Crippen LogP) is 2.59. The van der Waals surface area contributed by atoms with Crippen molar-refractivity contribution in [2.45, 2.75) is 37.9 Å². The smallest absolute Gasteiger partial charge is 0.167 e. The molecular weight excluding hydrogens is 240 g/mol. The molecule has 1 saturated carbocycles. The van der Waals surface area contributed by atoms with Crippen LogP contribution in [0.2, 0.25) is 0 Å². The van der Waals surface area contributed by atoms with Gasteiger partial charge in [0.2, 0.25) is 0 Å². The first-order valence-corrected chi connectivity index (χ1v) is 6.75. The summed E-state index contributed by atoms with van der Waals surface area (Å²) in [6.45, 7) is 2.37. The second-order valence-electron chi connectivity index (χ2n) is 4.84. The molecule has 0 aliphatic heterocycles. The number of Topliss-reactive ketones (excluding diaryl/α,β-unsaturated/α-hetero) is 1. The summed E-state index contributed by atoms with van der Waals surface area (Å²) in [6.07, 6.45) is 5.03. The van der Waals surface area contributed by atoms with Crippen LogP contribution in [0.15, 0.2) is 36.4 Å². The van der Waals surface area contributed by atoms with Gasteiger partial charge in [-0.25, -0.2) is 0 Å². The van der Waals surface area contributed by atoms with Crippen molar-refractivity contribution in [3.05, 3.63) is 42.0 Å². The van der Waals surface area contributed by atoms with Crippen molar-refractivity contribution in [3.63, 3.8) is 0 Å². The Morgan fingerprint density at radius 1 is 1.42 bits per heavy atom. The van der Waals surface area contributed by atoms with E-state index in [0.717, 1.165) is 5.56 Å². The first-order valence-electron chi connectivity index (χ1n) is 6.75. The fraction of sp³-hybridized carbons (Fsp3) is 0.438. The molecule has 2 atom stereocenters. The minimum Gasteiger partial charge on any atom is -0.379 e. The molecule has 1 aliphatic rings. The molecule has 1 fully saturated rings. The van der Waals surface area contributed by atoms with E-state index in [2.05, 4.69) is 0 Å². The molecule has 19 heavy (non-hydrogen) atoms. The number of benzene rings is 1. The molecule has 102 valence electrons. The maximum Gasteiger partial charge on any atom is 0.167 e. The van der Waals surface area contributed by atoms with Gasteiger partial charge in [0.05, 0.1) is 6.10 Å². The molecular formula is C16H20O3. The van der Waals surface area contributed by atoms with Gasteiger partial charge in [-0.05, 0) is 25.3 Å². The maximum absolute atomic E-state index is 11.5. The van der Waals surface area contributed by atoms with E-state index < -0.39 is 11.7 Å². The Hall–Kier alpha value is -1.45. The van der Waals surface area contributed by atoms with Crippen molar-refractivity contribution in [1.82, 2.24) is 0 Å². The summed E-state index contributed by atoms with van der Waals surface area (Å²) in [5.41, 5.74) is -0.165. The second kappa shape index (κ2) is 6.13. The Morgan fingerprint density at radius 2 is 2.16 bits per heavy atom. The van der Waals surface area contributed by atoms with E-state index in [4.69, 9.17) is 4.74 Å². The largest absolute Gasteiger partial charge is 0.379 e. The summed E-state index contributed by atoms with van der Waals surface area (Å²) < 4.78 is 5.54. The number of hydrogen-bond acceptors (Lipinski definition) is 3. The summed E-state index contributed by atoms with van der Waals surface area (Å²) in [5.74, 6) is -0.0981. The molecule has 1 N–H and O–H groups in total. The standard InChI is InChI=1S/C16H20O3/c1-2-19-15(16(18)12-11-14(16)17)10-6-9-13-7-4-3-5-8-13/h3-9,15,18H,2,10-12H2,1H3/b9-6+. The van der Waals surface area contributed by atoms with Gasteiger partial charge in [-0.15, -0.1) is 0 Å². The highest BCUT2D eigenvalue weighted by Gasteiger charge is 2.50. The monoisotopic (exact) mass is 260 g/mol. The Morgan fingerprint density at radius 3 is 2.68 bits per heavy atom. The molecule has 2 unspecified atom stereocenters. The number of hydrogen-bond donors (Lipinski definition) is 1. The van der Waals surface area contributed by atoms with Crippen LogP contribution >= 0.6 is 0 Å². The molecule has 0 saturated heterocycles. The van der Waals surface area contributed by atoms with E-state index in [0.29, 0.717) is 25.9 Å². The SMILES string of the molecule is CCOC(C/C=C/c1ccccc1)C1(O)CCC1=O. The average Bonchev–Trinajstić information content (AvgIpc) is 2.45. The van der Waals surface area contributed by atoms with Crippen molar-refractivity contribution in [3.8, 4) is 0 Å². The molecule has 0 radical (unpaired) electrons.